The van der Waals surface area contributed by atoms with Crippen LogP contribution in [-0.2, 0) is 16.6 Å². The summed E-state index contributed by atoms with van der Waals surface area (Å²) in [6, 6.07) is 5.00. The van der Waals surface area contributed by atoms with Crippen LogP contribution in [0, 0.1) is 5.92 Å². The van der Waals surface area contributed by atoms with Crippen molar-refractivity contribution in [2.24, 2.45) is 5.92 Å². The van der Waals surface area contributed by atoms with Crippen LogP contribution in [-0.4, -0.2) is 30.4 Å². The molecule has 0 amide bonds. The summed E-state index contributed by atoms with van der Waals surface area (Å²) < 4.78 is 26.5. The first-order chi connectivity index (χ1) is 9.67. The molecule has 120 valence electrons. The smallest absolute Gasteiger partial charge is 0.212 e. The van der Waals surface area contributed by atoms with Gasteiger partial charge in [0.05, 0.1) is 15.8 Å². The number of halogens is 3. The predicted octanol–water partition coefficient (Wildman–Crippen LogP) is 4.41. The molecule has 21 heavy (non-hydrogen) atoms. The lowest BCUT2D eigenvalue weighted by Crippen LogP contribution is -2.39. The van der Waals surface area contributed by atoms with Gasteiger partial charge < -0.3 is 0 Å². The quantitative estimate of drug-likeness (QED) is 0.665. The molecule has 1 aromatic rings. The van der Waals surface area contributed by atoms with E-state index in [1.165, 1.54) is 4.31 Å². The molecule has 1 atom stereocenters. The summed E-state index contributed by atoms with van der Waals surface area (Å²) in [6.07, 6.45) is 0. The zero-order chi connectivity index (χ0) is 16.2. The monoisotopic (exact) mass is 371 g/mol. The van der Waals surface area contributed by atoms with Gasteiger partial charge in [0.15, 0.2) is 0 Å². The number of rotatable bonds is 7. The molecular formula is C14H20Cl3NO2S. The Balaban J connectivity index is 2.99. The standard InChI is InChI=1S/C14H20Cl3NO2S/c1-10(2)18(21(19,20)9-11(3)7-15)8-12-4-5-13(16)14(17)6-12/h4-6,10-11H,7-9H2,1-3H3. The van der Waals surface area contributed by atoms with Gasteiger partial charge in [0, 0.05) is 18.5 Å². The highest BCUT2D eigenvalue weighted by atomic mass is 35.5. The predicted molar refractivity (Wildman–Crippen MR) is 90.8 cm³/mol. The fourth-order valence-electron chi connectivity index (χ4n) is 1.92. The van der Waals surface area contributed by atoms with E-state index in [0.29, 0.717) is 15.9 Å². The molecule has 0 aromatic heterocycles. The van der Waals surface area contributed by atoms with Gasteiger partial charge >= 0.3 is 0 Å². The SMILES string of the molecule is CC(CCl)CS(=O)(=O)N(Cc1ccc(Cl)c(Cl)c1)C(C)C. The largest absolute Gasteiger partial charge is 0.214 e. The second-order valence-corrected chi connectivity index (χ2v) is 8.51. The molecule has 0 saturated heterocycles. The van der Waals surface area contributed by atoms with Crippen LogP contribution in [0.4, 0.5) is 0 Å². The fourth-order valence-corrected chi connectivity index (χ4v) is 4.50. The van der Waals surface area contributed by atoms with Gasteiger partial charge in [0.2, 0.25) is 10.0 Å². The minimum atomic E-state index is -3.38. The van der Waals surface area contributed by atoms with Crippen LogP contribution in [0.3, 0.4) is 0 Å². The van der Waals surface area contributed by atoms with Crippen LogP contribution in [0.15, 0.2) is 18.2 Å². The van der Waals surface area contributed by atoms with E-state index < -0.39 is 10.0 Å². The van der Waals surface area contributed by atoms with E-state index in [4.69, 9.17) is 34.8 Å². The number of nitrogens with zero attached hydrogens (tertiary/aromatic N) is 1. The summed E-state index contributed by atoms with van der Waals surface area (Å²) in [5.74, 6) is 0.264. The van der Waals surface area contributed by atoms with Crippen molar-refractivity contribution in [1.29, 1.82) is 0 Å². The Labute approximate surface area is 142 Å². The first kappa shape index (κ1) is 19.0. The van der Waals surface area contributed by atoms with Gasteiger partial charge in [-0.3, -0.25) is 0 Å². The first-order valence-electron chi connectivity index (χ1n) is 6.66. The van der Waals surface area contributed by atoms with Crippen LogP contribution < -0.4 is 0 Å². The van der Waals surface area contributed by atoms with E-state index in [2.05, 4.69) is 0 Å². The molecule has 0 fully saturated rings. The molecule has 0 heterocycles. The van der Waals surface area contributed by atoms with E-state index in [0.717, 1.165) is 5.56 Å². The summed E-state index contributed by atoms with van der Waals surface area (Å²) in [4.78, 5) is 0. The lowest BCUT2D eigenvalue weighted by molar-refractivity contribution is 0.346. The summed E-state index contributed by atoms with van der Waals surface area (Å²) in [5.41, 5.74) is 0.806. The van der Waals surface area contributed by atoms with Crippen molar-refractivity contribution in [3.8, 4) is 0 Å². The van der Waals surface area contributed by atoms with E-state index in [1.807, 2.05) is 20.8 Å². The van der Waals surface area contributed by atoms with Crippen molar-refractivity contribution in [3.63, 3.8) is 0 Å². The molecule has 1 rings (SSSR count). The molecule has 3 nitrogen and oxygen atoms in total. The van der Waals surface area contributed by atoms with E-state index >= 15 is 0 Å². The van der Waals surface area contributed by atoms with Crippen molar-refractivity contribution in [1.82, 2.24) is 4.31 Å². The van der Waals surface area contributed by atoms with E-state index in [1.54, 1.807) is 18.2 Å². The van der Waals surface area contributed by atoms with Gasteiger partial charge in [-0.15, -0.1) is 11.6 Å². The molecule has 0 spiro atoms. The summed E-state index contributed by atoms with van der Waals surface area (Å²) in [6.45, 7) is 5.79. The number of sulfonamides is 1. The molecule has 1 unspecified atom stereocenters. The third-order valence-electron chi connectivity index (χ3n) is 3.01. The van der Waals surface area contributed by atoms with Crippen molar-refractivity contribution in [3.05, 3.63) is 33.8 Å². The second-order valence-electron chi connectivity index (χ2n) is 5.43. The topological polar surface area (TPSA) is 37.4 Å². The second kappa shape index (κ2) is 8.02. The van der Waals surface area contributed by atoms with Crippen molar-refractivity contribution in [2.75, 3.05) is 11.6 Å². The molecule has 0 N–H and O–H groups in total. The number of benzene rings is 1. The van der Waals surface area contributed by atoms with Gasteiger partial charge in [-0.1, -0.05) is 36.2 Å². The fraction of sp³-hybridized carbons (Fsp3) is 0.571. The molecule has 0 aliphatic carbocycles. The van der Waals surface area contributed by atoms with Gasteiger partial charge in [0.25, 0.3) is 0 Å². The van der Waals surface area contributed by atoms with Crippen LogP contribution >= 0.6 is 34.8 Å². The van der Waals surface area contributed by atoms with Gasteiger partial charge in [-0.05, 0) is 37.5 Å². The number of alkyl halides is 1. The minimum Gasteiger partial charge on any atom is -0.212 e. The van der Waals surface area contributed by atoms with Crippen LogP contribution in [0.25, 0.3) is 0 Å². The highest BCUT2D eigenvalue weighted by molar-refractivity contribution is 7.89. The van der Waals surface area contributed by atoms with Crippen molar-refractivity contribution >= 4 is 44.8 Å². The van der Waals surface area contributed by atoms with Crippen LogP contribution in [0.1, 0.15) is 26.3 Å². The Morgan fingerprint density at radius 1 is 1.14 bits per heavy atom. The van der Waals surface area contributed by atoms with Crippen LogP contribution in [0.2, 0.25) is 10.0 Å². The zero-order valence-electron chi connectivity index (χ0n) is 12.3. The highest BCUT2D eigenvalue weighted by Gasteiger charge is 2.27. The molecule has 0 aliphatic rings. The molecule has 0 bridgehead atoms. The molecule has 0 radical (unpaired) electrons. The minimum absolute atomic E-state index is 0.0377. The summed E-state index contributed by atoms with van der Waals surface area (Å²) >= 11 is 17.6. The number of hydrogen-bond donors (Lipinski definition) is 0. The zero-order valence-corrected chi connectivity index (χ0v) is 15.4. The first-order valence-corrected chi connectivity index (χ1v) is 9.56. The van der Waals surface area contributed by atoms with Gasteiger partial charge in [-0.25, -0.2) is 8.42 Å². The van der Waals surface area contributed by atoms with Gasteiger partial charge in [-0.2, -0.15) is 4.31 Å². The van der Waals surface area contributed by atoms with Crippen molar-refractivity contribution < 1.29 is 8.42 Å². The molecule has 7 heteroatoms. The van der Waals surface area contributed by atoms with E-state index in [9.17, 15) is 8.42 Å². The Hall–Kier alpha value is -0.000000000000000222. The van der Waals surface area contributed by atoms with E-state index in [-0.39, 0.29) is 24.3 Å². The maximum Gasteiger partial charge on any atom is 0.214 e. The molecule has 0 saturated carbocycles. The maximum atomic E-state index is 12.5. The van der Waals surface area contributed by atoms with Gasteiger partial charge in [0.1, 0.15) is 0 Å². The Kier molecular flexibility index (Phi) is 7.28. The summed E-state index contributed by atoms with van der Waals surface area (Å²) in [5, 5.41) is 0.875. The Bertz CT molecular complexity index is 576. The lowest BCUT2D eigenvalue weighted by atomic mass is 10.2. The molecule has 0 aliphatic heterocycles. The Morgan fingerprint density at radius 3 is 2.24 bits per heavy atom. The average molecular weight is 373 g/mol. The van der Waals surface area contributed by atoms with Crippen molar-refractivity contribution in [2.45, 2.75) is 33.4 Å². The lowest BCUT2D eigenvalue weighted by Gasteiger charge is -2.27. The third kappa shape index (κ3) is 5.61. The molecule has 1 aromatic carbocycles. The number of hydrogen-bond acceptors (Lipinski definition) is 2. The average Bonchev–Trinajstić information content (AvgIpc) is 2.38. The normalized spacial score (nSPS) is 13.9. The Morgan fingerprint density at radius 2 is 1.76 bits per heavy atom. The van der Waals surface area contributed by atoms with Crippen LogP contribution in [0.5, 0.6) is 0 Å². The maximum absolute atomic E-state index is 12.5. The summed E-state index contributed by atoms with van der Waals surface area (Å²) in [7, 11) is -3.38. The molecular weight excluding hydrogens is 353 g/mol. The highest BCUT2D eigenvalue weighted by Crippen LogP contribution is 2.24. The third-order valence-corrected chi connectivity index (χ3v) is 6.54.